The first-order valence-corrected chi connectivity index (χ1v) is 13.1. The predicted molar refractivity (Wildman–Crippen MR) is 136 cm³/mol. The van der Waals surface area contributed by atoms with Gasteiger partial charge in [0.25, 0.3) is 5.91 Å². The summed E-state index contributed by atoms with van der Waals surface area (Å²) < 4.78 is 16.3. The lowest BCUT2D eigenvalue weighted by atomic mass is 9.57. The van der Waals surface area contributed by atoms with Crippen molar-refractivity contribution in [1.29, 1.82) is 0 Å². The fourth-order valence-electron chi connectivity index (χ4n) is 7.56. The summed E-state index contributed by atoms with van der Waals surface area (Å²) >= 11 is 0. The molecule has 1 aromatic carbocycles. The van der Waals surface area contributed by atoms with Crippen molar-refractivity contribution >= 4 is 34.8 Å². The van der Waals surface area contributed by atoms with Crippen molar-refractivity contribution in [2.24, 2.45) is 23.5 Å². The van der Waals surface area contributed by atoms with E-state index in [1.807, 2.05) is 11.9 Å². The molecule has 8 N–H and O–H groups in total. The topological polar surface area (TPSA) is 203 Å². The van der Waals surface area contributed by atoms with Gasteiger partial charge in [0.15, 0.2) is 11.4 Å². The molecule has 12 nitrogen and oxygen atoms in total. The number of phenolic OH excluding ortho intramolecular Hbond substituents is 1. The first-order chi connectivity index (χ1) is 18.8. The van der Waals surface area contributed by atoms with E-state index in [-0.39, 0.29) is 52.8 Å². The average molecular weight is 557 g/mol. The minimum atomic E-state index is -2.90. The zero-order chi connectivity index (χ0) is 29.0. The molecule has 1 saturated heterocycles. The number of hydrogen-bond acceptors (Lipinski definition) is 10. The molecule has 212 valence electrons. The summed E-state index contributed by atoms with van der Waals surface area (Å²) in [7, 11) is 1.87. The van der Waals surface area contributed by atoms with Gasteiger partial charge >= 0.3 is 0 Å². The number of nitrogens with two attached hydrogens (primary N) is 1. The molecule has 2 amide bonds. The Morgan fingerprint density at radius 3 is 2.58 bits per heavy atom. The van der Waals surface area contributed by atoms with Crippen molar-refractivity contribution in [3.63, 3.8) is 0 Å². The number of nitrogens with one attached hydrogen (secondary N) is 2. The van der Waals surface area contributed by atoms with Gasteiger partial charge in [-0.3, -0.25) is 24.1 Å². The van der Waals surface area contributed by atoms with Gasteiger partial charge in [-0.25, -0.2) is 4.39 Å². The van der Waals surface area contributed by atoms with Crippen LogP contribution in [0.1, 0.15) is 42.5 Å². The summed E-state index contributed by atoms with van der Waals surface area (Å²) in [6, 6.07) is -1.90. The highest BCUT2D eigenvalue weighted by atomic mass is 19.1. The molecule has 2 heterocycles. The Morgan fingerprint density at radius 2 is 1.93 bits per heavy atom. The summed E-state index contributed by atoms with van der Waals surface area (Å²) in [5.74, 6) is -9.84. The summed E-state index contributed by atoms with van der Waals surface area (Å²) in [5.41, 5.74) is 1.03. The lowest BCUT2D eigenvalue weighted by Gasteiger charge is -2.49. The van der Waals surface area contributed by atoms with Crippen LogP contribution in [-0.2, 0) is 25.6 Å². The van der Waals surface area contributed by atoms with Crippen LogP contribution >= 0.6 is 0 Å². The van der Waals surface area contributed by atoms with Crippen molar-refractivity contribution in [1.82, 2.24) is 10.2 Å². The number of primary amides is 1. The van der Waals surface area contributed by atoms with Crippen LogP contribution in [0.4, 0.5) is 10.1 Å². The summed E-state index contributed by atoms with van der Waals surface area (Å²) in [4.78, 5) is 53.0. The molecule has 0 aromatic heterocycles. The van der Waals surface area contributed by atoms with E-state index in [9.17, 15) is 39.6 Å². The van der Waals surface area contributed by atoms with E-state index in [4.69, 9.17) is 5.73 Å². The van der Waals surface area contributed by atoms with Crippen LogP contribution in [0.2, 0.25) is 0 Å². The molecule has 6 rings (SSSR count). The quantitative estimate of drug-likeness (QED) is 0.193. The van der Waals surface area contributed by atoms with E-state index >= 15 is 4.39 Å². The largest absolute Gasteiger partial charge is 0.508 e. The number of likely N-dealkylation sites (tertiary alicyclic amines) is 1. The predicted octanol–water partition coefficient (Wildman–Crippen LogP) is 0.0959. The van der Waals surface area contributed by atoms with E-state index in [0.717, 1.165) is 19.9 Å². The van der Waals surface area contributed by atoms with Crippen LogP contribution in [0, 0.1) is 23.6 Å². The molecule has 6 atom stereocenters. The number of aromatic hydroxyl groups is 1. The molecule has 3 aliphatic carbocycles. The number of rotatable bonds is 2. The molecule has 2 aliphatic heterocycles. The van der Waals surface area contributed by atoms with Crippen LogP contribution < -0.4 is 16.4 Å². The zero-order valence-electron chi connectivity index (χ0n) is 21.7. The van der Waals surface area contributed by atoms with Crippen LogP contribution in [-0.4, -0.2) is 80.5 Å². The van der Waals surface area contributed by atoms with Crippen molar-refractivity contribution in [2.45, 2.75) is 43.9 Å². The number of phenols is 1. The first kappa shape index (κ1) is 26.3. The molecular weight excluding hydrogens is 527 g/mol. The number of nitrogens with zero attached hydrogens (tertiary/aromatic N) is 1. The Kier molecular flexibility index (Phi) is 5.59. The molecular formula is C27H29FN4O8. The third-order valence-corrected chi connectivity index (χ3v) is 9.31. The lowest BCUT2D eigenvalue weighted by molar-refractivity contribution is -0.151. The number of carbonyl (C=O) groups excluding carboxylic acids is 4. The molecule has 0 radical (unpaired) electrons. The van der Waals surface area contributed by atoms with Crippen molar-refractivity contribution in [3.05, 3.63) is 39.4 Å². The number of anilines is 1. The van der Waals surface area contributed by atoms with Gasteiger partial charge in [0.05, 0.1) is 17.3 Å². The second-order valence-electron chi connectivity index (χ2n) is 11.4. The van der Waals surface area contributed by atoms with Gasteiger partial charge in [0, 0.05) is 42.1 Å². The third-order valence-electron chi connectivity index (χ3n) is 9.31. The van der Waals surface area contributed by atoms with Gasteiger partial charge in [-0.2, -0.15) is 0 Å². The molecule has 1 aromatic rings. The van der Waals surface area contributed by atoms with Gasteiger partial charge in [-0.1, -0.05) is 0 Å². The normalized spacial score (nSPS) is 33.0. The first-order valence-electron chi connectivity index (χ1n) is 13.1. The molecule has 5 aliphatic rings. The molecule has 2 fully saturated rings. The monoisotopic (exact) mass is 556 g/mol. The van der Waals surface area contributed by atoms with E-state index in [1.54, 1.807) is 0 Å². The number of amides is 2. The van der Waals surface area contributed by atoms with E-state index in [2.05, 4.69) is 10.6 Å². The number of ketones is 2. The second kappa shape index (κ2) is 8.51. The van der Waals surface area contributed by atoms with Crippen molar-refractivity contribution in [2.75, 3.05) is 25.5 Å². The van der Waals surface area contributed by atoms with E-state index in [0.29, 0.717) is 6.54 Å². The Balaban J connectivity index is 1.55. The summed E-state index contributed by atoms with van der Waals surface area (Å²) in [6.07, 6.45) is 0.408. The van der Waals surface area contributed by atoms with E-state index in [1.165, 1.54) is 0 Å². The maximum absolute atomic E-state index is 16.3. The Bertz CT molecular complexity index is 1500. The maximum atomic E-state index is 16.3. The minimum Gasteiger partial charge on any atom is -0.508 e. The van der Waals surface area contributed by atoms with Gasteiger partial charge in [0.1, 0.15) is 28.7 Å². The lowest BCUT2D eigenvalue weighted by Crippen LogP contribution is -2.66. The molecule has 0 spiro atoms. The standard InChI is InChI=1S/C27H29FN4O8/c1-8(33)31-18-12-6-10-5-11-14(22(35)19-15(17(11)28)20-9(7-30-19)3-4-32(20)2)21(34)13(10)24(37)27(12,40)25(38)16(23(18)36)26(29)39/h9-10,12,18,20,30,34-35,38,40H,3-7H2,1-2H3,(H2,29,39)(H,31,33)/t9?,10-,12-,18-,20?,27-/m0/s1. The number of hydrogen-bond donors (Lipinski definition) is 7. The van der Waals surface area contributed by atoms with E-state index < -0.39 is 75.5 Å². The van der Waals surface area contributed by atoms with Crippen LogP contribution in [0.15, 0.2) is 16.9 Å². The maximum Gasteiger partial charge on any atom is 0.255 e. The second-order valence-corrected chi connectivity index (χ2v) is 11.4. The number of fused-ring (bicyclic) bond motifs is 6. The van der Waals surface area contributed by atoms with Gasteiger partial charge in [-0.05, 0) is 44.7 Å². The summed E-state index contributed by atoms with van der Waals surface area (Å²) in [5, 5.41) is 50.5. The highest BCUT2D eigenvalue weighted by Crippen LogP contribution is 2.56. The molecule has 40 heavy (non-hydrogen) atoms. The number of aliphatic hydroxyl groups is 3. The number of benzene rings is 1. The average Bonchev–Trinajstić information content (AvgIpc) is 3.27. The van der Waals surface area contributed by atoms with Gasteiger partial charge in [0.2, 0.25) is 11.7 Å². The molecule has 0 bridgehead atoms. The highest BCUT2D eigenvalue weighted by molar-refractivity contribution is 6.25. The smallest absolute Gasteiger partial charge is 0.255 e. The van der Waals surface area contributed by atoms with Gasteiger partial charge in [-0.15, -0.1) is 0 Å². The number of halogens is 1. The number of Topliss-reactive ketones (excluding diaryl/α,β-unsaturated/α-hetero) is 2. The molecule has 13 heteroatoms. The zero-order valence-corrected chi connectivity index (χ0v) is 21.7. The molecule has 1 saturated carbocycles. The fraction of sp³-hybridized carbons (Fsp3) is 0.481. The fourth-order valence-corrected chi connectivity index (χ4v) is 7.56. The minimum absolute atomic E-state index is 0.0145. The van der Waals surface area contributed by atoms with Crippen molar-refractivity contribution in [3.8, 4) is 5.75 Å². The van der Waals surface area contributed by atoms with Crippen LogP contribution in [0.25, 0.3) is 5.76 Å². The SMILES string of the molecule is CC(=O)N[C@@H]1C(=O)C(C(N)=O)=C(O)[C@@]2(O)C(=O)C3=C(O)c4c(O)c5c(c(F)c4C[C@H]3C[C@@H]12)C1C(CCN1C)CN5. The Morgan fingerprint density at radius 1 is 1.23 bits per heavy atom. The van der Waals surface area contributed by atoms with Crippen LogP contribution in [0.3, 0.4) is 0 Å². The molecule has 2 unspecified atom stereocenters. The third kappa shape index (κ3) is 3.18. The Labute approximate surface area is 227 Å². The Hall–Kier alpha value is -3.97. The summed E-state index contributed by atoms with van der Waals surface area (Å²) in [6.45, 7) is 2.31. The van der Waals surface area contributed by atoms with Crippen LogP contribution in [0.5, 0.6) is 5.75 Å². The number of carbonyl (C=O) groups is 4. The highest BCUT2D eigenvalue weighted by Gasteiger charge is 2.64. The number of aliphatic hydroxyl groups excluding tert-OH is 2. The van der Waals surface area contributed by atoms with Crippen molar-refractivity contribution < 1.29 is 44.0 Å². The van der Waals surface area contributed by atoms with Gasteiger partial charge < -0.3 is 36.8 Å².